The SMILES string of the molecule is O=C(C1CC1)N1CCC(c2nc([C@H]3CCOC3)no2)CC1. The Morgan fingerprint density at radius 2 is 1.90 bits per heavy atom. The smallest absolute Gasteiger partial charge is 0.229 e. The fourth-order valence-corrected chi connectivity index (χ4v) is 3.25. The van der Waals surface area contributed by atoms with E-state index in [0.29, 0.717) is 30.3 Å². The Morgan fingerprint density at radius 1 is 1.10 bits per heavy atom. The van der Waals surface area contributed by atoms with Crippen LogP contribution in [0.1, 0.15) is 55.7 Å². The molecular weight excluding hydrogens is 270 g/mol. The molecular formula is C15H21N3O3. The highest BCUT2D eigenvalue weighted by atomic mass is 16.5. The second kappa shape index (κ2) is 5.40. The number of aromatic nitrogens is 2. The van der Waals surface area contributed by atoms with E-state index in [2.05, 4.69) is 10.1 Å². The molecule has 1 aromatic heterocycles. The summed E-state index contributed by atoms with van der Waals surface area (Å²) in [4.78, 5) is 18.6. The molecule has 1 aliphatic carbocycles. The maximum absolute atomic E-state index is 12.0. The van der Waals surface area contributed by atoms with Gasteiger partial charge in [-0.3, -0.25) is 4.79 Å². The van der Waals surface area contributed by atoms with E-state index in [1.807, 2.05) is 4.90 Å². The summed E-state index contributed by atoms with van der Waals surface area (Å²) in [6.45, 7) is 3.14. The molecule has 0 radical (unpaired) electrons. The molecule has 0 spiro atoms. The zero-order chi connectivity index (χ0) is 14.2. The highest BCUT2D eigenvalue weighted by molar-refractivity contribution is 5.81. The van der Waals surface area contributed by atoms with E-state index in [4.69, 9.17) is 9.26 Å². The van der Waals surface area contributed by atoms with Crippen LogP contribution in [0.2, 0.25) is 0 Å². The summed E-state index contributed by atoms with van der Waals surface area (Å²) in [5, 5.41) is 4.12. The van der Waals surface area contributed by atoms with Crippen LogP contribution in [0.5, 0.6) is 0 Å². The second-order valence-electron chi connectivity index (χ2n) is 6.43. The van der Waals surface area contributed by atoms with Gasteiger partial charge in [0.2, 0.25) is 11.8 Å². The molecule has 4 rings (SSSR count). The van der Waals surface area contributed by atoms with Crippen molar-refractivity contribution in [3.05, 3.63) is 11.7 Å². The minimum absolute atomic E-state index is 0.291. The number of piperidine rings is 1. The minimum atomic E-state index is 0.291. The first-order valence-corrected chi connectivity index (χ1v) is 8.01. The first kappa shape index (κ1) is 13.2. The van der Waals surface area contributed by atoms with Crippen molar-refractivity contribution in [1.29, 1.82) is 0 Å². The lowest BCUT2D eigenvalue weighted by atomic mass is 9.96. The van der Waals surface area contributed by atoms with Crippen molar-refractivity contribution in [2.45, 2.75) is 43.9 Å². The number of amides is 1. The van der Waals surface area contributed by atoms with Crippen LogP contribution in [-0.2, 0) is 9.53 Å². The summed E-state index contributed by atoms with van der Waals surface area (Å²) >= 11 is 0. The molecule has 6 heteroatoms. The summed E-state index contributed by atoms with van der Waals surface area (Å²) in [7, 11) is 0. The molecule has 0 N–H and O–H groups in total. The molecule has 0 bridgehead atoms. The van der Waals surface area contributed by atoms with Crippen molar-refractivity contribution in [1.82, 2.24) is 15.0 Å². The van der Waals surface area contributed by atoms with Gasteiger partial charge in [0.1, 0.15) is 0 Å². The van der Waals surface area contributed by atoms with Crippen LogP contribution in [0.3, 0.4) is 0 Å². The second-order valence-corrected chi connectivity index (χ2v) is 6.43. The van der Waals surface area contributed by atoms with E-state index in [9.17, 15) is 4.79 Å². The van der Waals surface area contributed by atoms with Crippen molar-refractivity contribution in [2.24, 2.45) is 5.92 Å². The molecule has 114 valence electrons. The molecule has 21 heavy (non-hydrogen) atoms. The molecule has 1 amide bonds. The molecule has 6 nitrogen and oxygen atoms in total. The van der Waals surface area contributed by atoms with E-state index in [1.165, 1.54) is 0 Å². The van der Waals surface area contributed by atoms with Gasteiger partial charge < -0.3 is 14.2 Å². The Hall–Kier alpha value is -1.43. The maximum atomic E-state index is 12.0. The van der Waals surface area contributed by atoms with E-state index in [0.717, 1.165) is 63.5 Å². The Bertz CT molecular complexity index is 512. The van der Waals surface area contributed by atoms with E-state index in [1.54, 1.807) is 0 Å². The summed E-state index contributed by atoms with van der Waals surface area (Å²) in [5.41, 5.74) is 0. The standard InChI is InChI=1S/C15H21N3O3/c19-15(11-1-2-11)18-6-3-10(4-7-18)14-16-13(17-21-14)12-5-8-20-9-12/h10-12H,1-9H2/t12-/m0/s1. The van der Waals surface area contributed by atoms with E-state index < -0.39 is 0 Å². The quantitative estimate of drug-likeness (QED) is 0.847. The molecule has 1 atom stereocenters. The van der Waals surface area contributed by atoms with Crippen molar-refractivity contribution in [2.75, 3.05) is 26.3 Å². The number of hydrogen-bond acceptors (Lipinski definition) is 5. The zero-order valence-electron chi connectivity index (χ0n) is 12.2. The lowest BCUT2D eigenvalue weighted by Gasteiger charge is -2.30. The summed E-state index contributed by atoms with van der Waals surface area (Å²) < 4.78 is 10.8. The largest absolute Gasteiger partial charge is 0.381 e. The van der Waals surface area contributed by atoms with Crippen LogP contribution in [0, 0.1) is 5.92 Å². The van der Waals surface area contributed by atoms with Crippen molar-refractivity contribution < 1.29 is 14.1 Å². The van der Waals surface area contributed by atoms with Gasteiger partial charge in [-0.1, -0.05) is 5.16 Å². The van der Waals surface area contributed by atoms with Gasteiger partial charge in [0.25, 0.3) is 0 Å². The van der Waals surface area contributed by atoms with Crippen molar-refractivity contribution in [3.8, 4) is 0 Å². The van der Waals surface area contributed by atoms with Gasteiger partial charge in [0.15, 0.2) is 5.82 Å². The van der Waals surface area contributed by atoms with Gasteiger partial charge in [-0.15, -0.1) is 0 Å². The summed E-state index contributed by atoms with van der Waals surface area (Å²) in [6, 6.07) is 0. The fraction of sp³-hybridized carbons (Fsp3) is 0.800. The van der Waals surface area contributed by atoms with Crippen molar-refractivity contribution in [3.63, 3.8) is 0 Å². The average molecular weight is 291 g/mol. The number of carbonyl (C=O) groups is 1. The first-order valence-electron chi connectivity index (χ1n) is 8.01. The minimum Gasteiger partial charge on any atom is -0.381 e. The van der Waals surface area contributed by atoms with Gasteiger partial charge >= 0.3 is 0 Å². The number of nitrogens with zero attached hydrogens (tertiary/aromatic N) is 3. The molecule has 0 unspecified atom stereocenters. The Labute approximate surface area is 123 Å². The third kappa shape index (κ3) is 2.69. The molecule has 3 aliphatic rings. The Balaban J connectivity index is 1.36. The van der Waals surface area contributed by atoms with Gasteiger partial charge in [-0.05, 0) is 32.1 Å². The predicted molar refractivity (Wildman–Crippen MR) is 73.8 cm³/mol. The van der Waals surface area contributed by atoms with Crippen LogP contribution in [0.25, 0.3) is 0 Å². The highest BCUT2D eigenvalue weighted by Gasteiger charge is 2.36. The van der Waals surface area contributed by atoms with E-state index >= 15 is 0 Å². The number of rotatable bonds is 3. The Kier molecular flexibility index (Phi) is 3.41. The summed E-state index contributed by atoms with van der Waals surface area (Å²) in [6.07, 6.45) is 5.00. The van der Waals surface area contributed by atoms with Crippen LogP contribution in [0.15, 0.2) is 4.52 Å². The number of hydrogen-bond donors (Lipinski definition) is 0. The molecule has 3 fully saturated rings. The molecule has 0 aromatic carbocycles. The van der Waals surface area contributed by atoms with Crippen molar-refractivity contribution >= 4 is 5.91 Å². The Morgan fingerprint density at radius 3 is 2.57 bits per heavy atom. The third-order valence-electron chi connectivity index (χ3n) is 4.83. The monoisotopic (exact) mass is 291 g/mol. The molecule has 3 heterocycles. The highest BCUT2D eigenvalue weighted by Crippen LogP contribution is 2.34. The first-order chi connectivity index (χ1) is 10.3. The molecule has 1 saturated carbocycles. The number of ether oxygens (including phenoxy) is 1. The van der Waals surface area contributed by atoms with Crippen LogP contribution < -0.4 is 0 Å². The summed E-state index contributed by atoms with van der Waals surface area (Å²) in [5.74, 6) is 2.80. The number of carbonyl (C=O) groups excluding carboxylic acids is 1. The van der Waals surface area contributed by atoms with Crippen LogP contribution in [-0.4, -0.2) is 47.3 Å². The van der Waals surface area contributed by atoms with Gasteiger partial charge in [0, 0.05) is 37.5 Å². The van der Waals surface area contributed by atoms with Gasteiger partial charge in [-0.2, -0.15) is 4.98 Å². The molecule has 1 aromatic rings. The van der Waals surface area contributed by atoms with Crippen LogP contribution in [0.4, 0.5) is 0 Å². The number of likely N-dealkylation sites (tertiary alicyclic amines) is 1. The van der Waals surface area contributed by atoms with Crippen LogP contribution >= 0.6 is 0 Å². The lowest BCUT2D eigenvalue weighted by Crippen LogP contribution is -2.38. The van der Waals surface area contributed by atoms with Gasteiger partial charge in [-0.25, -0.2) is 0 Å². The maximum Gasteiger partial charge on any atom is 0.229 e. The topological polar surface area (TPSA) is 68.5 Å². The zero-order valence-corrected chi connectivity index (χ0v) is 12.2. The fourth-order valence-electron chi connectivity index (χ4n) is 3.25. The van der Waals surface area contributed by atoms with E-state index in [-0.39, 0.29) is 0 Å². The third-order valence-corrected chi connectivity index (χ3v) is 4.83. The lowest BCUT2D eigenvalue weighted by molar-refractivity contribution is -0.133. The normalized spacial score (nSPS) is 27.2. The van der Waals surface area contributed by atoms with Gasteiger partial charge in [0.05, 0.1) is 6.61 Å². The molecule has 2 aliphatic heterocycles. The predicted octanol–water partition coefficient (Wildman–Crippen LogP) is 1.69. The molecule has 2 saturated heterocycles. The average Bonchev–Trinajstić information content (AvgIpc) is 3.03.